The van der Waals surface area contributed by atoms with Gasteiger partial charge in [0.15, 0.2) is 0 Å². The molecule has 0 saturated carbocycles. The quantitative estimate of drug-likeness (QED) is 0.723. The van der Waals surface area contributed by atoms with Gasteiger partial charge in [-0.05, 0) is 35.7 Å². The summed E-state index contributed by atoms with van der Waals surface area (Å²) < 4.78 is 5.70. The van der Waals surface area contributed by atoms with E-state index in [0.29, 0.717) is 18.0 Å². The van der Waals surface area contributed by atoms with E-state index in [0.717, 1.165) is 5.56 Å². The molecule has 2 rings (SSSR count). The van der Waals surface area contributed by atoms with Crippen LogP contribution in [-0.4, -0.2) is 18.0 Å². The molecule has 6 heteroatoms. The molecule has 0 saturated heterocycles. The SMILES string of the molecule is CC(C)[C@@H](NC(N)=O)C(=O)Nc1ccc(OCc2ccccc2)cc1. The van der Waals surface area contributed by atoms with Gasteiger partial charge in [0.05, 0.1) is 0 Å². The van der Waals surface area contributed by atoms with E-state index in [1.54, 1.807) is 24.3 Å². The minimum atomic E-state index is -0.724. The molecule has 132 valence electrons. The fourth-order valence-electron chi connectivity index (χ4n) is 2.28. The number of anilines is 1. The van der Waals surface area contributed by atoms with Gasteiger partial charge in [-0.2, -0.15) is 0 Å². The van der Waals surface area contributed by atoms with Crippen molar-refractivity contribution in [2.24, 2.45) is 11.7 Å². The molecule has 2 aromatic carbocycles. The molecular formula is C19H23N3O3. The highest BCUT2D eigenvalue weighted by Gasteiger charge is 2.23. The standard InChI is InChI=1S/C19H23N3O3/c1-13(2)17(22-19(20)24)18(23)21-15-8-10-16(11-9-15)25-12-14-6-4-3-5-7-14/h3-11,13,17H,12H2,1-2H3,(H,21,23)(H3,20,22,24)/t17-/m1/s1. The highest BCUT2D eigenvalue weighted by Crippen LogP contribution is 2.18. The Kier molecular flexibility index (Phi) is 6.39. The molecule has 3 amide bonds. The molecule has 0 aliphatic rings. The first kappa shape index (κ1) is 18.3. The van der Waals surface area contributed by atoms with E-state index in [4.69, 9.17) is 10.5 Å². The van der Waals surface area contributed by atoms with E-state index in [-0.39, 0.29) is 11.8 Å². The average Bonchev–Trinajstić information content (AvgIpc) is 2.59. The maximum atomic E-state index is 12.3. The topological polar surface area (TPSA) is 93.5 Å². The fraction of sp³-hybridized carbons (Fsp3) is 0.263. The molecule has 0 aliphatic carbocycles. The Balaban J connectivity index is 1.92. The Morgan fingerprint density at radius 1 is 1.04 bits per heavy atom. The van der Waals surface area contributed by atoms with Crippen molar-refractivity contribution in [2.45, 2.75) is 26.5 Å². The van der Waals surface area contributed by atoms with Crippen LogP contribution in [0, 0.1) is 5.92 Å². The molecule has 0 aliphatic heterocycles. The fourth-order valence-corrected chi connectivity index (χ4v) is 2.28. The van der Waals surface area contributed by atoms with Crippen molar-refractivity contribution in [2.75, 3.05) is 5.32 Å². The van der Waals surface area contributed by atoms with Crippen molar-refractivity contribution in [3.8, 4) is 5.75 Å². The zero-order chi connectivity index (χ0) is 18.2. The summed E-state index contributed by atoms with van der Waals surface area (Å²) in [6, 6.07) is 15.5. The Morgan fingerprint density at radius 2 is 1.68 bits per heavy atom. The molecular weight excluding hydrogens is 318 g/mol. The Morgan fingerprint density at radius 3 is 2.24 bits per heavy atom. The molecule has 0 heterocycles. The lowest BCUT2D eigenvalue weighted by molar-refractivity contribution is -0.118. The van der Waals surface area contributed by atoms with Gasteiger partial charge in [0.25, 0.3) is 0 Å². The highest BCUT2D eigenvalue weighted by atomic mass is 16.5. The first-order valence-electron chi connectivity index (χ1n) is 8.09. The smallest absolute Gasteiger partial charge is 0.312 e. The normalized spacial score (nSPS) is 11.6. The predicted molar refractivity (Wildman–Crippen MR) is 97.2 cm³/mol. The van der Waals surface area contributed by atoms with Gasteiger partial charge in [0.1, 0.15) is 18.4 Å². The molecule has 4 N–H and O–H groups in total. The predicted octanol–water partition coefficient (Wildman–Crippen LogP) is 2.90. The molecule has 0 radical (unpaired) electrons. The molecule has 2 aromatic rings. The monoisotopic (exact) mass is 341 g/mol. The van der Waals surface area contributed by atoms with Crippen LogP contribution in [0.2, 0.25) is 0 Å². The Labute approximate surface area is 147 Å². The summed E-state index contributed by atoms with van der Waals surface area (Å²) in [5.74, 6) is 0.310. The first-order chi connectivity index (χ1) is 12.0. The third kappa shape index (κ3) is 5.84. The van der Waals surface area contributed by atoms with Crippen molar-refractivity contribution < 1.29 is 14.3 Å². The van der Waals surface area contributed by atoms with E-state index in [1.807, 2.05) is 44.2 Å². The summed E-state index contributed by atoms with van der Waals surface area (Å²) in [5, 5.41) is 5.22. The first-order valence-corrected chi connectivity index (χ1v) is 8.09. The van der Waals surface area contributed by atoms with Crippen LogP contribution in [0.25, 0.3) is 0 Å². The molecule has 0 unspecified atom stereocenters. The van der Waals surface area contributed by atoms with E-state index >= 15 is 0 Å². The number of carbonyl (C=O) groups is 2. The van der Waals surface area contributed by atoms with Crippen LogP contribution in [0.4, 0.5) is 10.5 Å². The number of carbonyl (C=O) groups excluding carboxylic acids is 2. The third-order valence-corrected chi connectivity index (χ3v) is 3.62. The number of hydrogen-bond acceptors (Lipinski definition) is 3. The minimum Gasteiger partial charge on any atom is -0.489 e. The molecule has 0 aromatic heterocycles. The maximum absolute atomic E-state index is 12.3. The number of ether oxygens (including phenoxy) is 1. The van der Waals surface area contributed by atoms with Gasteiger partial charge in [-0.25, -0.2) is 4.79 Å². The van der Waals surface area contributed by atoms with Crippen molar-refractivity contribution in [1.82, 2.24) is 5.32 Å². The van der Waals surface area contributed by atoms with Crippen LogP contribution in [0.5, 0.6) is 5.75 Å². The number of amides is 3. The van der Waals surface area contributed by atoms with Crippen LogP contribution in [0.15, 0.2) is 54.6 Å². The molecule has 0 fully saturated rings. The number of nitrogens with two attached hydrogens (primary N) is 1. The van der Waals surface area contributed by atoms with Crippen molar-refractivity contribution in [3.05, 3.63) is 60.2 Å². The number of rotatable bonds is 7. The Hall–Kier alpha value is -3.02. The lowest BCUT2D eigenvalue weighted by Gasteiger charge is -2.20. The van der Waals surface area contributed by atoms with Crippen LogP contribution in [0.3, 0.4) is 0 Å². The largest absolute Gasteiger partial charge is 0.489 e. The molecule has 25 heavy (non-hydrogen) atoms. The number of urea groups is 1. The van der Waals surface area contributed by atoms with Gasteiger partial charge < -0.3 is 21.1 Å². The van der Waals surface area contributed by atoms with E-state index < -0.39 is 12.1 Å². The average molecular weight is 341 g/mol. The molecule has 0 spiro atoms. The van der Waals surface area contributed by atoms with E-state index in [9.17, 15) is 9.59 Å². The van der Waals surface area contributed by atoms with Gasteiger partial charge in [-0.1, -0.05) is 44.2 Å². The number of primary amides is 1. The van der Waals surface area contributed by atoms with Crippen molar-refractivity contribution >= 4 is 17.6 Å². The van der Waals surface area contributed by atoms with Crippen LogP contribution in [-0.2, 0) is 11.4 Å². The third-order valence-electron chi connectivity index (χ3n) is 3.62. The molecule has 6 nitrogen and oxygen atoms in total. The summed E-state index contributed by atoms with van der Waals surface area (Å²) in [6.45, 7) is 4.14. The second-order valence-corrected chi connectivity index (χ2v) is 6.02. The van der Waals surface area contributed by atoms with Gasteiger partial charge >= 0.3 is 6.03 Å². The van der Waals surface area contributed by atoms with E-state index in [2.05, 4.69) is 10.6 Å². The lowest BCUT2D eigenvalue weighted by atomic mass is 10.0. The van der Waals surface area contributed by atoms with Gasteiger partial charge in [-0.15, -0.1) is 0 Å². The second kappa shape index (κ2) is 8.73. The number of hydrogen-bond donors (Lipinski definition) is 3. The Bertz CT molecular complexity index is 700. The van der Waals surface area contributed by atoms with Crippen LogP contribution >= 0.6 is 0 Å². The lowest BCUT2D eigenvalue weighted by Crippen LogP contribution is -2.49. The highest BCUT2D eigenvalue weighted by molar-refractivity contribution is 5.97. The van der Waals surface area contributed by atoms with Crippen LogP contribution in [0.1, 0.15) is 19.4 Å². The summed E-state index contributed by atoms with van der Waals surface area (Å²) in [5.41, 5.74) is 6.82. The zero-order valence-electron chi connectivity index (χ0n) is 14.4. The van der Waals surface area contributed by atoms with E-state index in [1.165, 1.54) is 0 Å². The van der Waals surface area contributed by atoms with Gasteiger partial charge in [0.2, 0.25) is 5.91 Å². The summed E-state index contributed by atoms with van der Waals surface area (Å²) in [6.07, 6.45) is 0. The summed E-state index contributed by atoms with van der Waals surface area (Å²) in [4.78, 5) is 23.3. The minimum absolute atomic E-state index is 0.0824. The summed E-state index contributed by atoms with van der Waals surface area (Å²) in [7, 11) is 0. The zero-order valence-corrected chi connectivity index (χ0v) is 14.4. The molecule has 1 atom stereocenters. The van der Waals surface area contributed by atoms with Crippen molar-refractivity contribution in [1.29, 1.82) is 0 Å². The maximum Gasteiger partial charge on any atom is 0.312 e. The van der Waals surface area contributed by atoms with Gasteiger partial charge in [-0.3, -0.25) is 4.79 Å². The van der Waals surface area contributed by atoms with Gasteiger partial charge in [0, 0.05) is 5.69 Å². The molecule has 0 bridgehead atoms. The van der Waals surface area contributed by atoms with Crippen LogP contribution < -0.4 is 21.1 Å². The number of benzene rings is 2. The summed E-state index contributed by atoms with van der Waals surface area (Å²) >= 11 is 0. The number of nitrogens with one attached hydrogen (secondary N) is 2. The van der Waals surface area contributed by atoms with Crippen molar-refractivity contribution in [3.63, 3.8) is 0 Å². The second-order valence-electron chi connectivity index (χ2n) is 6.02.